The molecule has 0 radical (unpaired) electrons. The van der Waals surface area contributed by atoms with Crippen LogP contribution in [-0.4, -0.2) is 14.9 Å². The summed E-state index contributed by atoms with van der Waals surface area (Å²) in [6.45, 7) is 1.22. The van der Waals surface area contributed by atoms with Gasteiger partial charge in [-0.2, -0.15) is 0 Å². The second-order valence-corrected chi connectivity index (χ2v) is 4.69. The fourth-order valence-corrected chi connectivity index (χ4v) is 2.05. The number of halogens is 1. The smallest absolute Gasteiger partial charge is 0.270 e. The number of nitro benzene ring substituents is 1. The molecule has 0 aliphatic heterocycles. The molecule has 0 saturated carbocycles. The summed E-state index contributed by atoms with van der Waals surface area (Å²) in [5, 5.41) is 13.8. The molecule has 6 nitrogen and oxygen atoms in total. The van der Waals surface area contributed by atoms with E-state index in [4.69, 9.17) is 0 Å². The lowest BCUT2D eigenvalue weighted by atomic mass is 10.2. The number of rotatable bonds is 5. The van der Waals surface area contributed by atoms with Gasteiger partial charge in [-0.15, -0.1) is 0 Å². The Morgan fingerprint density at radius 1 is 1.32 bits per heavy atom. The standard InChI is InChI=1S/C12H11BrN4O2/c13-12-5-11(17(18)19)2-1-9(12)6-15-7-10-3-4-14-8-16-10/h1-5,8,15H,6-7H2. The van der Waals surface area contributed by atoms with E-state index in [2.05, 4.69) is 31.2 Å². The molecule has 1 heterocycles. The molecule has 0 unspecified atom stereocenters. The van der Waals surface area contributed by atoms with Gasteiger partial charge < -0.3 is 5.32 Å². The Labute approximate surface area is 118 Å². The molecule has 0 bridgehead atoms. The third-order valence-electron chi connectivity index (χ3n) is 2.51. The molecule has 0 aliphatic carbocycles. The number of benzene rings is 1. The molecule has 0 atom stereocenters. The largest absolute Gasteiger partial charge is 0.307 e. The first-order valence-electron chi connectivity index (χ1n) is 5.55. The average Bonchev–Trinajstić information content (AvgIpc) is 2.41. The third kappa shape index (κ3) is 3.80. The summed E-state index contributed by atoms with van der Waals surface area (Å²) in [4.78, 5) is 18.1. The van der Waals surface area contributed by atoms with Gasteiger partial charge in [0.15, 0.2) is 0 Å². The zero-order valence-electron chi connectivity index (χ0n) is 9.91. The Hall–Kier alpha value is -1.86. The first-order valence-corrected chi connectivity index (χ1v) is 6.34. The van der Waals surface area contributed by atoms with Gasteiger partial charge in [0.05, 0.1) is 10.6 Å². The molecule has 19 heavy (non-hydrogen) atoms. The van der Waals surface area contributed by atoms with Gasteiger partial charge in [0.2, 0.25) is 0 Å². The molecule has 1 aromatic heterocycles. The van der Waals surface area contributed by atoms with Gasteiger partial charge in [0.25, 0.3) is 5.69 Å². The maximum absolute atomic E-state index is 10.6. The molecule has 0 aliphatic rings. The number of nitro groups is 1. The van der Waals surface area contributed by atoms with E-state index < -0.39 is 4.92 Å². The zero-order chi connectivity index (χ0) is 13.7. The van der Waals surface area contributed by atoms with Crippen molar-refractivity contribution < 1.29 is 4.92 Å². The molecule has 0 fully saturated rings. The molecule has 7 heteroatoms. The van der Waals surface area contributed by atoms with Crippen molar-refractivity contribution in [1.82, 2.24) is 15.3 Å². The molecule has 0 spiro atoms. The second-order valence-electron chi connectivity index (χ2n) is 3.84. The van der Waals surface area contributed by atoms with E-state index in [1.165, 1.54) is 18.5 Å². The molecule has 2 aromatic rings. The number of hydrogen-bond donors (Lipinski definition) is 1. The molecule has 1 aromatic carbocycles. The van der Waals surface area contributed by atoms with E-state index in [0.29, 0.717) is 13.1 Å². The summed E-state index contributed by atoms with van der Waals surface area (Å²) in [5.74, 6) is 0. The number of non-ortho nitro benzene ring substituents is 1. The molecule has 1 N–H and O–H groups in total. The second kappa shape index (κ2) is 6.35. The molecule has 2 rings (SSSR count). The lowest BCUT2D eigenvalue weighted by molar-refractivity contribution is -0.384. The summed E-state index contributed by atoms with van der Waals surface area (Å²) in [6.07, 6.45) is 3.19. The van der Waals surface area contributed by atoms with Crippen LogP contribution in [0.15, 0.2) is 41.3 Å². The van der Waals surface area contributed by atoms with Crippen molar-refractivity contribution in [3.8, 4) is 0 Å². The van der Waals surface area contributed by atoms with Crippen LogP contribution in [-0.2, 0) is 13.1 Å². The molecule has 0 amide bonds. The van der Waals surface area contributed by atoms with Crippen LogP contribution in [0.25, 0.3) is 0 Å². The highest BCUT2D eigenvalue weighted by Crippen LogP contribution is 2.22. The average molecular weight is 323 g/mol. The van der Waals surface area contributed by atoms with Gasteiger partial charge in [-0.3, -0.25) is 10.1 Å². The van der Waals surface area contributed by atoms with Crippen molar-refractivity contribution in [2.45, 2.75) is 13.1 Å². The maximum atomic E-state index is 10.6. The van der Waals surface area contributed by atoms with Crippen molar-refractivity contribution in [3.05, 3.63) is 62.6 Å². The van der Waals surface area contributed by atoms with Gasteiger partial charge in [0, 0.05) is 35.9 Å². The fourth-order valence-electron chi connectivity index (χ4n) is 1.54. The lowest BCUT2D eigenvalue weighted by Crippen LogP contribution is -2.14. The first-order chi connectivity index (χ1) is 9.16. The van der Waals surface area contributed by atoms with Crippen molar-refractivity contribution in [2.75, 3.05) is 0 Å². The Morgan fingerprint density at radius 2 is 2.16 bits per heavy atom. The number of nitrogens with zero attached hydrogens (tertiary/aromatic N) is 3. The fraction of sp³-hybridized carbons (Fsp3) is 0.167. The van der Waals surface area contributed by atoms with E-state index in [9.17, 15) is 10.1 Å². The van der Waals surface area contributed by atoms with E-state index in [-0.39, 0.29) is 5.69 Å². The van der Waals surface area contributed by atoms with Gasteiger partial charge in [0.1, 0.15) is 6.33 Å². The van der Waals surface area contributed by atoms with Crippen LogP contribution in [0, 0.1) is 10.1 Å². The maximum Gasteiger partial charge on any atom is 0.270 e. The van der Waals surface area contributed by atoms with Gasteiger partial charge >= 0.3 is 0 Å². The highest BCUT2D eigenvalue weighted by Gasteiger charge is 2.08. The summed E-state index contributed by atoms with van der Waals surface area (Å²) >= 11 is 3.33. The van der Waals surface area contributed by atoms with Crippen molar-refractivity contribution in [2.24, 2.45) is 0 Å². The monoisotopic (exact) mass is 322 g/mol. The zero-order valence-corrected chi connectivity index (χ0v) is 11.5. The minimum Gasteiger partial charge on any atom is -0.307 e. The molecule has 0 saturated heterocycles. The van der Waals surface area contributed by atoms with Gasteiger partial charge in [-0.25, -0.2) is 9.97 Å². The van der Waals surface area contributed by atoms with Gasteiger partial charge in [-0.1, -0.05) is 15.9 Å². The summed E-state index contributed by atoms with van der Waals surface area (Å²) < 4.78 is 0.719. The molecule has 98 valence electrons. The SMILES string of the molecule is O=[N+]([O-])c1ccc(CNCc2ccncn2)c(Br)c1. The Bertz CT molecular complexity index is 577. The van der Waals surface area contributed by atoms with Crippen molar-refractivity contribution >= 4 is 21.6 Å². The number of nitrogens with one attached hydrogen (secondary N) is 1. The lowest BCUT2D eigenvalue weighted by Gasteiger charge is -2.06. The van der Waals surface area contributed by atoms with Gasteiger partial charge in [-0.05, 0) is 17.7 Å². The highest BCUT2D eigenvalue weighted by atomic mass is 79.9. The van der Waals surface area contributed by atoms with Crippen LogP contribution in [0.5, 0.6) is 0 Å². The van der Waals surface area contributed by atoms with Crippen molar-refractivity contribution in [3.63, 3.8) is 0 Å². The van der Waals surface area contributed by atoms with Crippen LogP contribution in [0.4, 0.5) is 5.69 Å². The first kappa shape index (κ1) is 13.6. The minimum absolute atomic E-state index is 0.0754. The number of aromatic nitrogens is 2. The summed E-state index contributed by atoms with van der Waals surface area (Å²) in [6, 6.07) is 6.56. The Balaban J connectivity index is 1.95. The third-order valence-corrected chi connectivity index (χ3v) is 3.25. The minimum atomic E-state index is -0.414. The van der Waals surface area contributed by atoms with E-state index in [0.717, 1.165) is 15.7 Å². The van der Waals surface area contributed by atoms with Crippen LogP contribution < -0.4 is 5.32 Å². The topological polar surface area (TPSA) is 81.0 Å². The van der Waals surface area contributed by atoms with Crippen LogP contribution in [0.2, 0.25) is 0 Å². The predicted molar refractivity (Wildman–Crippen MR) is 73.4 cm³/mol. The Kier molecular flexibility index (Phi) is 4.53. The number of hydrogen-bond acceptors (Lipinski definition) is 5. The molecular formula is C12H11BrN4O2. The highest BCUT2D eigenvalue weighted by molar-refractivity contribution is 9.10. The Morgan fingerprint density at radius 3 is 2.79 bits per heavy atom. The summed E-state index contributed by atoms with van der Waals surface area (Å²) in [5.41, 5.74) is 1.93. The van der Waals surface area contributed by atoms with Crippen molar-refractivity contribution in [1.29, 1.82) is 0 Å². The molecular weight excluding hydrogens is 312 g/mol. The van der Waals surface area contributed by atoms with Crippen LogP contribution in [0.1, 0.15) is 11.3 Å². The quantitative estimate of drug-likeness (QED) is 0.675. The van der Waals surface area contributed by atoms with Crippen LogP contribution >= 0.6 is 15.9 Å². The normalized spacial score (nSPS) is 10.4. The van der Waals surface area contributed by atoms with Crippen LogP contribution in [0.3, 0.4) is 0 Å². The van der Waals surface area contributed by atoms with E-state index in [1.54, 1.807) is 12.3 Å². The van der Waals surface area contributed by atoms with E-state index >= 15 is 0 Å². The van der Waals surface area contributed by atoms with E-state index in [1.807, 2.05) is 6.07 Å². The summed E-state index contributed by atoms with van der Waals surface area (Å²) in [7, 11) is 0. The predicted octanol–water partition coefficient (Wildman–Crippen LogP) is 2.44.